The van der Waals surface area contributed by atoms with Gasteiger partial charge in [0.2, 0.25) is 0 Å². The second-order valence-electron chi connectivity index (χ2n) is 4.92. The van der Waals surface area contributed by atoms with Crippen molar-refractivity contribution < 1.29 is 19.6 Å². The monoisotopic (exact) mass is 359 g/mol. The van der Waals surface area contributed by atoms with E-state index in [9.17, 15) is 19.7 Å². The fraction of sp³-hybridized carbons (Fsp3) is 0.333. The van der Waals surface area contributed by atoms with Gasteiger partial charge in [0.15, 0.2) is 0 Å². The normalized spacial score (nSPS) is 10.8. The smallest absolute Gasteiger partial charge is 0.319 e. The summed E-state index contributed by atoms with van der Waals surface area (Å²) in [6.07, 6.45) is 0. The van der Waals surface area contributed by atoms with Crippen LogP contribution in [0.25, 0.3) is 0 Å². The summed E-state index contributed by atoms with van der Waals surface area (Å²) in [4.78, 5) is 32.7. The largest absolute Gasteiger partial charge is 0.481 e. The summed E-state index contributed by atoms with van der Waals surface area (Å²) in [6, 6.07) is 3.49. The Morgan fingerprint density at radius 1 is 1.43 bits per heavy atom. The first-order valence-electron chi connectivity index (χ1n) is 5.85. The summed E-state index contributed by atoms with van der Waals surface area (Å²) in [6.45, 7) is 2.87. The van der Waals surface area contributed by atoms with Gasteiger partial charge in [-0.1, -0.05) is 0 Å². The van der Waals surface area contributed by atoms with Crippen LogP contribution in [-0.2, 0) is 4.79 Å². The Kier molecular flexibility index (Phi) is 5.25. The number of nitro groups is 1. The molecule has 3 N–H and O–H groups in total. The van der Waals surface area contributed by atoms with Crippen LogP contribution < -0.4 is 10.6 Å². The lowest BCUT2D eigenvalue weighted by Gasteiger charge is -2.19. The summed E-state index contributed by atoms with van der Waals surface area (Å²) < 4.78 is 0.297. The number of aliphatic carboxylic acids is 1. The first-order valence-corrected chi connectivity index (χ1v) is 6.65. The molecule has 0 saturated heterocycles. The number of nitro benzene ring substituents is 1. The van der Waals surface area contributed by atoms with E-state index in [4.69, 9.17) is 5.11 Å². The van der Waals surface area contributed by atoms with Gasteiger partial charge in [-0.25, -0.2) is 4.79 Å². The van der Waals surface area contributed by atoms with E-state index in [2.05, 4.69) is 26.6 Å². The molecule has 1 rings (SSSR count). The van der Waals surface area contributed by atoms with Gasteiger partial charge in [-0.2, -0.15) is 0 Å². The molecule has 0 spiro atoms. The number of urea groups is 1. The van der Waals surface area contributed by atoms with E-state index in [1.165, 1.54) is 32.0 Å². The standard InChI is InChI=1S/C12H14BrN3O5/c1-12(2,10(17)18)6-14-11(19)15-7-3-4-8(13)9(5-7)16(20)21/h3-5H,6H2,1-2H3,(H,17,18)(H2,14,15,19). The van der Waals surface area contributed by atoms with Crippen LogP contribution in [0.2, 0.25) is 0 Å². The van der Waals surface area contributed by atoms with Crippen LogP contribution in [0.3, 0.4) is 0 Å². The first kappa shape index (κ1) is 16.9. The molecule has 0 unspecified atom stereocenters. The lowest BCUT2D eigenvalue weighted by atomic mass is 9.94. The highest BCUT2D eigenvalue weighted by Gasteiger charge is 2.27. The third-order valence-corrected chi connectivity index (χ3v) is 3.34. The Morgan fingerprint density at radius 3 is 2.57 bits per heavy atom. The molecule has 0 atom stereocenters. The van der Waals surface area contributed by atoms with E-state index in [0.29, 0.717) is 4.47 Å². The van der Waals surface area contributed by atoms with Crippen molar-refractivity contribution in [3.05, 3.63) is 32.8 Å². The number of carbonyl (C=O) groups excluding carboxylic acids is 1. The maximum absolute atomic E-state index is 11.7. The van der Waals surface area contributed by atoms with E-state index >= 15 is 0 Å². The number of anilines is 1. The SMILES string of the molecule is CC(C)(CNC(=O)Nc1ccc(Br)c([N+](=O)[O-])c1)C(=O)O. The lowest BCUT2D eigenvalue weighted by molar-refractivity contribution is -0.385. The first-order chi connectivity index (χ1) is 9.63. The second kappa shape index (κ2) is 6.53. The lowest BCUT2D eigenvalue weighted by Crippen LogP contribution is -2.40. The third kappa shape index (κ3) is 4.71. The number of benzene rings is 1. The number of amides is 2. The number of halogens is 1. The Balaban J connectivity index is 2.70. The van der Waals surface area contributed by atoms with Gasteiger partial charge < -0.3 is 15.7 Å². The van der Waals surface area contributed by atoms with Gasteiger partial charge in [-0.3, -0.25) is 14.9 Å². The van der Waals surface area contributed by atoms with Gasteiger partial charge in [-0.05, 0) is 41.9 Å². The zero-order chi connectivity index (χ0) is 16.2. The Morgan fingerprint density at radius 2 is 2.05 bits per heavy atom. The van der Waals surface area contributed by atoms with Crippen LogP contribution in [0.1, 0.15) is 13.8 Å². The van der Waals surface area contributed by atoms with Gasteiger partial charge in [0.05, 0.1) is 14.8 Å². The summed E-state index contributed by atoms with van der Waals surface area (Å²) in [5.74, 6) is -1.04. The molecule has 0 aliphatic heterocycles. The van der Waals surface area contributed by atoms with E-state index in [1.807, 2.05) is 0 Å². The summed E-state index contributed by atoms with van der Waals surface area (Å²) in [7, 11) is 0. The maximum atomic E-state index is 11.7. The Labute approximate surface area is 128 Å². The number of carbonyl (C=O) groups is 2. The average Bonchev–Trinajstić information content (AvgIpc) is 2.38. The van der Waals surface area contributed by atoms with Crippen LogP contribution in [-0.4, -0.2) is 28.6 Å². The van der Waals surface area contributed by atoms with Crippen LogP contribution in [0.15, 0.2) is 22.7 Å². The molecule has 2 amide bonds. The van der Waals surface area contributed by atoms with Crippen molar-refractivity contribution in [1.29, 1.82) is 0 Å². The van der Waals surface area contributed by atoms with E-state index in [1.54, 1.807) is 0 Å². The molecule has 0 aliphatic carbocycles. The number of hydrogen-bond donors (Lipinski definition) is 3. The molecule has 0 fully saturated rings. The number of carboxylic acids is 1. The topological polar surface area (TPSA) is 122 Å². The highest BCUT2D eigenvalue weighted by Crippen LogP contribution is 2.27. The van der Waals surface area contributed by atoms with Gasteiger partial charge in [0.25, 0.3) is 5.69 Å². The molecule has 0 aliphatic rings. The Bertz CT molecular complexity index is 588. The van der Waals surface area contributed by atoms with E-state index in [-0.39, 0.29) is 17.9 Å². The fourth-order valence-electron chi connectivity index (χ4n) is 1.28. The van der Waals surface area contributed by atoms with Crippen molar-refractivity contribution in [2.75, 3.05) is 11.9 Å². The van der Waals surface area contributed by atoms with Gasteiger partial charge >= 0.3 is 12.0 Å². The minimum Gasteiger partial charge on any atom is -0.481 e. The van der Waals surface area contributed by atoms with Crippen LogP contribution in [0, 0.1) is 15.5 Å². The van der Waals surface area contributed by atoms with E-state index in [0.717, 1.165) is 0 Å². The minimum atomic E-state index is -1.11. The van der Waals surface area contributed by atoms with Crippen LogP contribution in [0.5, 0.6) is 0 Å². The van der Waals surface area contributed by atoms with Crippen molar-refractivity contribution >= 4 is 39.3 Å². The van der Waals surface area contributed by atoms with Crippen molar-refractivity contribution in [1.82, 2.24) is 5.32 Å². The maximum Gasteiger partial charge on any atom is 0.319 e. The number of nitrogens with zero attached hydrogens (tertiary/aromatic N) is 1. The minimum absolute atomic E-state index is 0.0766. The zero-order valence-corrected chi connectivity index (χ0v) is 12.9. The predicted molar refractivity (Wildman–Crippen MR) is 79.2 cm³/mol. The van der Waals surface area contributed by atoms with Gasteiger partial charge in [0.1, 0.15) is 0 Å². The molecule has 114 valence electrons. The zero-order valence-electron chi connectivity index (χ0n) is 11.3. The van der Waals surface area contributed by atoms with Crippen molar-refractivity contribution in [2.24, 2.45) is 5.41 Å². The highest BCUT2D eigenvalue weighted by atomic mass is 79.9. The highest BCUT2D eigenvalue weighted by molar-refractivity contribution is 9.10. The summed E-state index contributed by atoms with van der Waals surface area (Å²) in [5.41, 5.74) is -1.06. The molecule has 1 aromatic rings. The fourth-order valence-corrected chi connectivity index (χ4v) is 1.67. The number of hydrogen-bond acceptors (Lipinski definition) is 4. The summed E-state index contributed by atoms with van der Waals surface area (Å²) in [5, 5.41) is 24.5. The molecule has 9 heteroatoms. The van der Waals surface area contributed by atoms with Crippen molar-refractivity contribution in [2.45, 2.75) is 13.8 Å². The second-order valence-corrected chi connectivity index (χ2v) is 5.77. The number of carboxylic acid groups (broad SMARTS) is 1. The number of rotatable bonds is 5. The molecule has 8 nitrogen and oxygen atoms in total. The molecule has 21 heavy (non-hydrogen) atoms. The van der Waals surface area contributed by atoms with Gasteiger partial charge in [-0.15, -0.1) is 0 Å². The molecule has 0 radical (unpaired) electrons. The van der Waals surface area contributed by atoms with Crippen molar-refractivity contribution in [3.63, 3.8) is 0 Å². The molecule has 0 saturated carbocycles. The molecule has 1 aromatic carbocycles. The van der Waals surface area contributed by atoms with Crippen LogP contribution >= 0.6 is 15.9 Å². The Hall–Kier alpha value is -2.16. The quantitative estimate of drug-likeness (QED) is 0.550. The average molecular weight is 360 g/mol. The molecule has 0 heterocycles. The van der Waals surface area contributed by atoms with Gasteiger partial charge in [0, 0.05) is 18.3 Å². The molecule has 0 aromatic heterocycles. The molecular weight excluding hydrogens is 346 g/mol. The number of nitrogens with one attached hydrogen (secondary N) is 2. The van der Waals surface area contributed by atoms with Crippen molar-refractivity contribution in [3.8, 4) is 0 Å². The van der Waals surface area contributed by atoms with Crippen LogP contribution in [0.4, 0.5) is 16.2 Å². The summed E-state index contributed by atoms with van der Waals surface area (Å²) >= 11 is 3.03. The molecular formula is C12H14BrN3O5. The molecule has 0 bridgehead atoms. The van der Waals surface area contributed by atoms with E-state index < -0.39 is 22.3 Å². The predicted octanol–water partition coefficient (Wildman–Crippen LogP) is 2.59. The third-order valence-electron chi connectivity index (χ3n) is 2.67.